The van der Waals surface area contributed by atoms with E-state index in [2.05, 4.69) is 4.98 Å². The van der Waals surface area contributed by atoms with Crippen molar-refractivity contribution in [3.05, 3.63) is 35.5 Å². The standard InChI is InChI=1S/C11H11NO.Li/c1-7-6-8(2)11(13)10-9(7)4-3-5-12-10;/h3-6,13H,1-2H3;/q;+1. The van der Waals surface area contributed by atoms with Crippen LogP contribution in [0.5, 0.6) is 5.75 Å². The summed E-state index contributed by atoms with van der Waals surface area (Å²) in [5.74, 6) is 0.0983. The SMILES string of the molecule is Cc1cc(C)c2ccc[nH+]c2c1[O-].[Li+]. The molecule has 66 valence electrons. The molecule has 1 N–H and O–H groups in total. The van der Waals surface area contributed by atoms with Crippen LogP contribution in [-0.2, 0) is 0 Å². The van der Waals surface area contributed by atoms with Gasteiger partial charge < -0.3 is 5.11 Å². The zero-order valence-corrected chi connectivity index (χ0v) is 8.72. The van der Waals surface area contributed by atoms with Crippen LogP contribution in [0.25, 0.3) is 10.9 Å². The third-order valence-corrected chi connectivity index (χ3v) is 2.30. The molecule has 0 saturated carbocycles. The Labute approximate surface area is 95.2 Å². The predicted octanol–water partition coefficient (Wildman–Crippen LogP) is -1.65. The van der Waals surface area contributed by atoms with Gasteiger partial charge in [0.1, 0.15) is 0 Å². The van der Waals surface area contributed by atoms with E-state index in [9.17, 15) is 5.11 Å². The number of H-pyrrole nitrogens is 1. The van der Waals surface area contributed by atoms with Crippen molar-refractivity contribution in [1.29, 1.82) is 0 Å². The molecule has 1 heterocycles. The second-order valence-electron chi connectivity index (χ2n) is 3.30. The first-order chi connectivity index (χ1) is 6.20. The Hall–Kier alpha value is -0.973. The fourth-order valence-corrected chi connectivity index (χ4v) is 1.62. The maximum Gasteiger partial charge on any atom is 1.00 e. The van der Waals surface area contributed by atoms with Crippen LogP contribution in [-0.4, -0.2) is 0 Å². The Balaban J connectivity index is 0.000000980. The van der Waals surface area contributed by atoms with E-state index in [0.717, 1.165) is 16.5 Å². The summed E-state index contributed by atoms with van der Waals surface area (Å²) in [7, 11) is 0. The zero-order chi connectivity index (χ0) is 9.42. The summed E-state index contributed by atoms with van der Waals surface area (Å²) >= 11 is 0. The van der Waals surface area contributed by atoms with Gasteiger partial charge in [-0.1, -0.05) is 11.6 Å². The molecule has 0 unspecified atom stereocenters. The van der Waals surface area contributed by atoms with E-state index in [1.54, 1.807) is 6.20 Å². The van der Waals surface area contributed by atoms with Crippen LogP contribution in [0.15, 0.2) is 24.4 Å². The summed E-state index contributed by atoms with van der Waals surface area (Å²) in [6.45, 7) is 3.86. The maximum absolute atomic E-state index is 11.6. The van der Waals surface area contributed by atoms with Crippen molar-refractivity contribution in [3.63, 3.8) is 0 Å². The van der Waals surface area contributed by atoms with Crippen molar-refractivity contribution in [1.82, 2.24) is 0 Å². The first kappa shape index (κ1) is 11.1. The normalized spacial score (nSPS) is 9.86. The second kappa shape index (κ2) is 4.04. The summed E-state index contributed by atoms with van der Waals surface area (Å²) in [4.78, 5) is 2.99. The van der Waals surface area contributed by atoms with Gasteiger partial charge in [-0.05, 0) is 31.2 Å². The number of aryl methyl sites for hydroxylation is 2. The van der Waals surface area contributed by atoms with Crippen molar-refractivity contribution in [2.45, 2.75) is 13.8 Å². The quantitative estimate of drug-likeness (QED) is 0.447. The van der Waals surface area contributed by atoms with Gasteiger partial charge in [-0.15, -0.1) is 0 Å². The molecule has 0 radical (unpaired) electrons. The number of rotatable bonds is 0. The van der Waals surface area contributed by atoms with E-state index in [-0.39, 0.29) is 24.6 Å². The molecule has 2 nitrogen and oxygen atoms in total. The summed E-state index contributed by atoms with van der Waals surface area (Å²) in [5.41, 5.74) is 2.65. The molecule has 0 saturated heterocycles. The predicted molar refractivity (Wildman–Crippen MR) is 49.4 cm³/mol. The Bertz CT molecular complexity index is 468. The van der Waals surface area contributed by atoms with Crippen LogP contribution in [0, 0.1) is 13.8 Å². The van der Waals surface area contributed by atoms with E-state index in [1.165, 1.54) is 0 Å². The van der Waals surface area contributed by atoms with Crippen LogP contribution in [0.2, 0.25) is 0 Å². The van der Waals surface area contributed by atoms with E-state index >= 15 is 0 Å². The summed E-state index contributed by atoms with van der Waals surface area (Å²) in [5, 5.41) is 12.7. The first-order valence-corrected chi connectivity index (χ1v) is 4.28. The van der Waals surface area contributed by atoms with E-state index < -0.39 is 0 Å². The van der Waals surface area contributed by atoms with Gasteiger partial charge in [-0.25, -0.2) is 4.98 Å². The molecule has 2 aromatic rings. The Kier molecular flexibility index (Phi) is 3.20. The van der Waals surface area contributed by atoms with Crippen molar-refractivity contribution in [2.24, 2.45) is 0 Å². The van der Waals surface area contributed by atoms with Gasteiger partial charge in [-0.2, -0.15) is 0 Å². The third-order valence-electron chi connectivity index (χ3n) is 2.30. The summed E-state index contributed by atoms with van der Waals surface area (Å²) < 4.78 is 0. The monoisotopic (exact) mass is 180 g/mol. The van der Waals surface area contributed by atoms with Gasteiger partial charge >= 0.3 is 18.9 Å². The molecular formula is C11H11LiNO+. The topological polar surface area (TPSA) is 37.2 Å². The largest absolute Gasteiger partial charge is 1.00 e. The first-order valence-electron chi connectivity index (χ1n) is 4.28. The van der Waals surface area contributed by atoms with E-state index in [1.807, 2.05) is 32.0 Å². The van der Waals surface area contributed by atoms with E-state index in [4.69, 9.17) is 0 Å². The molecule has 1 aromatic carbocycles. The maximum atomic E-state index is 11.6. The third kappa shape index (κ3) is 1.64. The van der Waals surface area contributed by atoms with Crippen LogP contribution in [0.3, 0.4) is 0 Å². The minimum Gasteiger partial charge on any atom is -0.868 e. The van der Waals surface area contributed by atoms with Crippen molar-refractivity contribution in [3.8, 4) is 5.75 Å². The molecule has 0 aliphatic rings. The average molecular weight is 180 g/mol. The van der Waals surface area contributed by atoms with Crippen molar-refractivity contribution < 1.29 is 29.0 Å². The molecule has 0 aliphatic heterocycles. The van der Waals surface area contributed by atoms with Gasteiger partial charge in [0.05, 0.1) is 0 Å². The number of aromatic nitrogens is 1. The van der Waals surface area contributed by atoms with Gasteiger partial charge in [0.2, 0.25) is 5.52 Å². The molecule has 3 heteroatoms. The van der Waals surface area contributed by atoms with Crippen molar-refractivity contribution >= 4 is 10.9 Å². The van der Waals surface area contributed by atoms with Crippen LogP contribution >= 0.6 is 0 Å². The van der Waals surface area contributed by atoms with Crippen molar-refractivity contribution in [2.75, 3.05) is 0 Å². The van der Waals surface area contributed by atoms with Crippen LogP contribution < -0.4 is 29.0 Å². The fourth-order valence-electron chi connectivity index (χ4n) is 1.62. The smallest absolute Gasteiger partial charge is 0.868 e. The molecule has 0 atom stereocenters. The summed E-state index contributed by atoms with van der Waals surface area (Å²) in [6.07, 6.45) is 1.78. The van der Waals surface area contributed by atoms with Gasteiger partial charge in [-0.3, -0.25) is 0 Å². The number of pyridine rings is 1. The van der Waals surface area contributed by atoms with Crippen LogP contribution in [0.1, 0.15) is 11.1 Å². The molecule has 0 bridgehead atoms. The molecule has 14 heavy (non-hydrogen) atoms. The molecule has 0 fully saturated rings. The molecule has 0 aliphatic carbocycles. The minimum atomic E-state index is 0. The zero-order valence-electron chi connectivity index (χ0n) is 8.72. The second-order valence-corrected chi connectivity index (χ2v) is 3.30. The van der Waals surface area contributed by atoms with Gasteiger partial charge in [0.15, 0.2) is 6.20 Å². The van der Waals surface area contributed by atoms with Gasteiger partial charge in [0.25, 0.3) is 0 Å². The number of nitrogens with one attached hydrogen (secondary N) is 1. The van der Waals surface area contributed by atoms with Gasteiger partial charge in [0, 0.05) is 11.5 Å². The number of hydrogen-bond donors (Lipinski definition) is 0. The molecule has 1 aromatic heterocycles. The summed E-state index contributed by atoms with van der Waals surface area (Å²) in [6, 6.07) is 5.80. The average Bonchev–Trinajstić information content (AvgIpc) is 2.15. The molecular weight excluding hydrogens is 169 g/mol. The fraction of sp³-hybridized carbons (Fsp3) is 0.182. The minimum absolute atomic E-state index is 0. The number of aromatic amines is 1. The Morgan fingerprint density at radius 3 is 2.64 bits per heavy atom. The molecule has 0 spiro atoms. The number of benzene rings is 1. The number of fused-ring (bicyclic) bond motifs is 1. The molecule has 2 rings (SSSR count). The van der Waals surface area contributed by atoms with Crippen LogP contribution in [0.4, 0.5) is 0 Å². The number of hydrogen-bond acceptors (Lipinski definition) is 1. The van der Waals surface area contributed by atoms with E-state index in [0.29, 0.717) is 5.52 Å². The Morgan fingerprint density at radius 2 is 1.93 bits per heavy atom. The Morgan fingerprint density at radius 1 is 1.21 bits per heavy atom. The molecule has 0 amide bonds.